The molecule has 0 spiro atoms. The van der Waals surface area contributed by atoms with E-state index in [2.05, 4.69) is 38.6 Å². The average Bonchev–Trinajstić information content (AvgIpc) is 3.10. The molecule has 21 heavy (non-hydrogen) atoms. The highest BCUT2D eigenvalue weighted by molar-refractivity contribution is 9.10. The van der Waals surface area contributed by atoms with Gasteiger partial charge >= 0.3 is 0 Å². The molecule has 2 atom stereocenters. The number of nitrogens with zero attached hydrogens (tertiary/aromatic N) is 1. The Hall–Kier alpha value is -1.42. The lowest BCUT2D eigenvalue weighted by molar-refractivity contribution is -0.122. The number of carbonyl (C=O) groups excluding carboxylic acids is 1. The van der Waals surface area contributed by atoms with Gasteiger partial charge in [-0.15, -0.1) is 0 Å². The third-order valence-corrected chi connectivity index (χ3v) is 4.86. The molecule has 1 N–H and O–H groups in total. The molecule has 110 valence electrons. The number of carbonyl (C=O) groups is 1. The van der Waals surface area contributed by atoms with Crippen LogP contribution in [-0.2, 0) is 4.79 Å². The first kappa shape index (κ1) is 14.5. The molecule has 1 fully saturated rings. The van der Waals surface area contributed by atoms with Crippen LogP contribution in [0.2, 0.25) is 0 Å². The Morgan fingerprint density at radius 2 is 1.95 bits per heavy atom. The standard InChI is InChI=1S/C17H19BrN2O/c18-13-7-5-6-12(10-13)11-19-20-17(21)16-14-8-3-1-2-4-9-15(14)16/h1-2,5-7,10-11,14-16H,3-4,8-9H2,(H,20,21)/b2-1-,19-11+. The molecule has 0 heterocycles. The number of hydrazone groups is 1. The van der Waals surface area contributed by atoms with Crippen LogP contribution in [-0.4, -0.2) is 12.1 Å². The van der Waals surface area contributed by atoms with Crippen LogP contribution in [0.5, 0.6) is 0 Å². The summed E-state index contributed by atoms with van der Waals surface area (Å²) < 4.78 is 1.01. The Balaban J connectivity index is 1.53. The van der Waals surface area contributed by atoms with Gasteiger partial charge in [0.25, 0.3) is 0 Å². The molecule has 2 aliphatic carbocycles. The number of allylic oxidation sites excluding steroid dienone is 2. The van der Waals surface area contributed by atoms with Crippen LogP contribution in [0, 0.1) is 17.8 Å². The van der Waals surface area contributed by atoms with Crippen molar-refractivity contribution >= 4 is 28.1 Å². The molecule has 1 aromatic rings. The van der Waals surface area contributed by atoms with Gasteiger partial charge in [0.1, 0.15) is 0 Å². The van der Waals surface area contributed by atoms with E-state index in [4.69, 9.17) is 0 Å². The lowest BCUT2D eigenvalue weighted by atomic mass is 10.1. The summed E-state index contributed by atoms with van der Waals surface area (Å²) in [5, 5.41) is 4.09. The third kappa shape index (κ3) is 3.62. The summed E-state index contributed by atoms with van der Waals surface area (Å²) in [5.41, 5.74) is 3.67. The predicted octanol–water partition coefficient (Wildman–Crippen LogP) is 3.89. The third-order valence-electron chi connectivity index (χ3n) is 4.37. The van der Waals surface area contributed by atoms with Gasteiger partial charge in [0.05, 0.1) is 6.21 Å². The molecule has 3 rings (SSSR count). The summed E-state index contributed by atoms with van der Waals surface area (Å²) in [6.07, 6.45) is 10.7. The maximum atomic E-state index is 12.2. The second kappa shape index (κ2) is 6.56. The van der Waals surface area contributed by atoms with Crippen LogP contribution >= 0.6 is 15.9 Å². The molecule has 4 heteroatoms. The van der Waals surface area contributed by atoms with Gasteiger partial charge in [-0.3, -0.25) is 4.79 Å². The van der Waals surface area contributed by atoms with Crippen LogP contribution in [0.4, 0.5) is 0 Å². The van der Waals surface area contributed by atoms with Crippen molar-refractivity contribution in [3.63, 3.8) is 0 Å². The van der Waals surface area contributed by atoms with Crippen molar-refractivity contribution < 1.29 is 4.79 Å². The minimum absolute atomic E-state index is 0.0816. The van der Waals surface area contributed by atoms with Gasteiger partial charge in [0.15, 0.2) is 0 Å². The van der Waals surface area contributed by atoms with E-state index < -0.39 is 0 Å². The summed E-state index contributed by atoms with van der Waals surface area (Å²) in [4.78, 5) is 12.2. The van der Waals surface area contributed by atoms with E-state index >= 15 is 0 Å². The van der Waals surface area contributed by atoms with Crippen LogP contribution < -0.4 is 5.43 Å². The van der Waals surface area contributed by atoms with Gasteiger partial charge in [-0.1, -0.05) is 40.2 Å². The van der Waals surface area contributed by atoms with E-state index in [0.717, 1.165) is 35.7 Å². The molecule has 0 saturated heterocycles. The smallest absolute Gasteiger partial charge is 0.243 e. The van der Waals surface area contributed by atoms with Gasteiger partial charge in [0.2, 0.25) is 5.91 Å². The van der Waals surface area contributed by atoms with E-state index in [9.17, 15) is 4.79 Å². The van der Waals surface area contributed by atoms with Gasteiger partial charge in [-0.25, -0.2) is 5.43 Å². The first-order valence-electron chi connectivity index (χ1n) is 7.49. The van der Waals surface area contributed by atoms with Crippen molar-refractivity contribution in [2.45, 2.75) is 25.7 Å². The topological polar surface area (TPSA) is 41.5 Å². The Kier molecular flexibility index (Phi) is 4.54. The molecular weight excluding hydrogens is 328 g/mol. The monoisotopic (exact) mass is 346 g/mol. The summed E-state index contributed by atoms with van der Waals surface area (Å²) in [7, 11) is 0. The lowest BCUT2D eigenvalue weighted by Gasteiger charge is -1.99. The van der Waals surface area contributed by atoms with E-state index in [-0.39, 0.29) is 11.8 Å². The SMILES string of the molecule is O=C(N/N=C/c1cccc(Br)c1)C1C2CC/C=C\CCC21. The molecule has 0 bridgehead atoms. The van der Waals surface area contributed by atoms with Crippen molar-refractivity contribution in [3.05, 3.63) is 46.5 Å². The van der Waals surface area contributed by atoms with Crippen molar-refractivity contribution in [1.29, 1.82) is 0 Å². The van der Waals surface area contributed by atoms with E-state index in [1.807, 2.05) is 24.3 Å². The van der Waals surface area contributed by atoms with Gasteiger partial charge in [-0.05, 0) is 55.2 Å². The summed E-state index contributed by atoms with van der Waals surface area (Å²) in [6.45, 7) is 0. The summed E-state index contributed by atoms with van der Waals surface area (Å²) in [5.74, 6) is 1.38. The van der Waals surface area contributed by atoms with E-state index in [0.29, 0.717) is 11.8 Å². The molecule has 1 saturated carbocycles. The highest BCUT2D eigenvalue weighted by Crippen LogP contribution is 2.52. The number of rotatable bonds is 3. The van der Waals surface area contributed by atoms with E-state index in [1.54, 1.807) is 6.21 Å². The number of hydrogen-bond donors (Lipinski definition) is 1. The fourth-order valence-electron chi connectivity index (χ4n) is 3.27. The quantitative estimate of drug-likeness (QED) is 0.503. The minimum atomic E-state index is 0.0816. The van der Waals surface area contributed by atoms with Crippen LogP contribution in [0.3, 0.4) is 0 Å². The Bertz CT molecular complexity index is 566. The number of nitrogens with one attached hydrogen (secondary N) is 1. The van der Waals surface area contributed by atoms with Gasteiger partial charge in [-0.2, -0.15) is 5.10 Å². The highest BCUT2D eigenvalue weighted by atomic mass is 79.9. The zero-order chi connectivity index (χ0) is 14.7. The Labute approximate surface area is 133 Å². The number of amides is 1. The average molecular weight is 347 g/mol. The van der Waals surface area contributed by atoms with Crippen molar-refractivity contribution in [3.8, 4) is 0 Å². The molecule has 0 aromatic heterocycles. The fraction of sp³-hybridized carbons (Fsp3) is 0.412. The van der Waals surface area contributed by atoms with Crippen LogP contribution in [0.25, 0.3) is 0 Å². The molecule has 0 radical (unpaired) electrons. The maximum Gasteiger partial charge on any atom is 0.243 e. The molecule has 1 aromatic carbocycles. The first-order chi connectivity index (χ1) is 10.3. The highest BCUT2D eigenvalue weighted by Gasteiger charge is 2.53. The lowest BCUT2D eigenvalue weighted by Crippen LogP contribution is -2.21. The fourth-order valence-corrected chi connectivity index (χ4v) is 3.68. The zero-order valence-corrected chi connectivity index (χ0v) is 13.4. The van der Waals surface area contributed by atoms with Crippen LogP contribution in [0.1, 0.15) is 31.2 Å². The minimum Gasteiger partial charge on any atom is -0.273 e. The van der Waals surface area contributed by atoms with Crippen molar-refractivity contribution in [1.82, 2.24) is 5.43 Å². The Morgan fingerprint density at radius 1 is 1.24 bits per heavy atom. The number of benzene rings is 1. The second-order valence-electron chi connectivity index (χ2n) is 5.77. The first-order valence-corrected chi connectivity index (χ1v) is 8.28. The summed E-state index contributed by atoms with van der Waals surface area (Å²) in [6, 6.07) is 7.83. The number of halogens is 1. The molecule has 1 amide bonds. The summed E-state index contributed by atoms with van der Waals surface area (Å²) >= 11 is 3.42. The van der Waals surface area contributed by atoms with Gasteiger partial charge < -0.3 is 0 Å². The molecule has 2 unspecified atom stereocenters. The Morgan fingerprint density at radius 3 is 2.62 bits per heavy atom. The molecule has 3 nitrogen and oxygen atoms in total. The number of fused-ring (bicyclic) bond motifs is 1. The zero-order valence-electron chi connectivity index (χ0n) is 11.8. The largest absolute Gasteiger partial charge is 0.273 e. The van der Waals surface area contributed by atoms with Gasteiger partial charge in [0, 0.05) is 10.4 Å². The number of hydrogen-bond acceptors (Lipinski definition) is 2. The molecular formula is C17H19BrN2O. The van der Waals surface area contributed by atoms with Crippen molar-refractivity contribution in [2.75, 3.05) is 0 Å². The van der Waals surface area contributed by atoms with Crippen LogP contribution in [0.15, 0.2) is 46.0 Å². The second-order valence-corrected chi connectivity index (χ2v) is 6.68. The van der Waals surface area contributed by atoms with E-state index in [1.165, 1.54) is 0 Å². The molecule has 2 aliphatic rings. The van der Waals surface area contributed by atoms with Crippen molar-refractivity contribution in [2.24, 2.45) is 22.9 Å². The normalized spacial score (nSPS) is 29.3. The maximum absolute atomic E-state index is 12.2. The predicted molar refractivity (Wildman–Crippen MR) is 88.0 cm³/mol. The molecule has 0 aliphatic heterocycles.